The Balaban J connectivity index is 1.40. The number of hydrogen-bond acceptors (Lipinski definition) is 3. The van der Waals surface area contributed by atoms with Crippen molar-refractivity contribution < 1.29 is 18.7 Å². The molecular formula is C25H17ClFNO3. The highest BCUT2D eigenvalue weighted by molar-refractivity contribution is 6.31. The molecule has 4 aromatic rings. The monoisotopic (exact) mass is 433 g/mol. The summed E-state index contributed by atoms with van der Waals surface area (Å²) in [6.45, 7) is -0.0308. The first-order chi connectivity index (χ1) is 15.0. The number of nitrogens with zero attached hydrogens (tertiary/aromatic N) is 1. The van der Waals surface area contributed by atoms with E-state index < -0.39 is 5.82 Å². The second kappa shape index (κ2) is 7.60. The van der Waals surface area contributed by atoms with Crippen LogP contribution in [0.5, 0.6) is 11.5 Å². The molecular weight excluding hydrogens is 417 g/mol. The average Bonchev–Trinajstić information content (AvgIpc) is 3.24. The van der Waals surface area contributed by atoms with Gasteiger partial charge in [-0.3, -0.25) is 4.79 Å². The molecule has 2 heterocycles. The minimum atomic E-state index is -0.430. The van der Waals surface area contributed by atoms with E-state index in [1.54, 1.807) is 36.4 Å². The number of hydrogen-bond donors (Lipinski definition) is 0. The second-order valence-electron chi connectivity index (χ2n) is 7.30. The zero-order chi connectivity index (χ0) is 21.5. The number of Topliss-reactive ketones (excluding diaryl/α,β-unsaturated/α-hetero) is 1. The predicted octanol–water partition coefficient (Wildman–Crippen LogP) is 6.17. The van der Waals surface area contributed by atoms with E-state index >= 15 is 0 Å². The Labute approximate surface area is 183 Å². The highest BCUT2D eigenvalue weighted by Crippen LogP contribution is 2.36. The Morgan fingerprint density at radius 1 is 1.13 bits per heavy atom. The number of carbonyl (C=O) groups is 1. The summed E-state index contributed by atoms with van der Waals surface area (Å²) in [6.07, 6.45) is 3.72. The summed E-state index contributed by atoms with van der Waals surface area (Å²) >= 11 is 6.05. The first-order valence-electron chi connectivity index (χ1n) is 9.69. The summed E-state index contributed by atoms with van der Waals surface area (Å²) in [5, 5.41) is 1.34. The van der Waals surface area contributed by atoms with Crippen LogP contribution in [-0.4, -0.2) is 10.4 Å². The third-order valence-corrected chi connectivity index (χ3v) is 5.65. The molecule has 3 aromatic carbocycles. The summed E-state index contributed by atoms with van der Waals surface area (Å²) in [7, 11) is 1.96. The van der Waals surface area contributed by atoms with Crippen LogP contribution < -0.4 is 9.47 Å². The van der Waals surface area contributed by atoms with Gasteiger partial charge in [-0.1, -0.05) is 35.9 Å². The fourth-order valence-corrected chi connectivity index (χ4v) is 3.93. The maximum Gasteiger partial charge on any atom is 0.231 e. The van der Waals surface area contributed by atoms with Crippen LogP contribution in [0.25, 0.3) is 17.0 Å². The Hall–Kier alpha value is -3.57. The molecule has 0 bridgehead atoms. The molecule has 0 radical (unpaired) electrons. The molecule has 0 amide bonds. The molecule has 0 atom stereocenters. The third kappa shape index (κ3) is 3.47. The van der Waals surface area contributed by atoms with Crippen molar-refractivity contribution in [2.45, 2.75) is 6.61 Å². The topological polar surface area (TPSA) is 40.5 Å². The number of allylic oxidation sites excluding steroid dienone is 1. The standard InChI is InChI=1S/C25H17ClFNO3/c1-28-13-15(17-5-2-3-8-22(17)28)11-24-25(29)18-10-9-16(12-23(18)31-24)30-14-19-20(26)6-4-7-21(19)27/h2-13H,14H2,1H3/b24-11-. The van der Waals surface area contributed by atoms with Gasteiger partial charge in [-0.05, 0) is 36.4 Å². The fourth-order valence-electron chi connectivity index (χ4n) is 3.71. The van der Waals surface area contributed by atoms with Crippen LogP contribution in [0.3, 0.4) is 0 Å². The van der Waals surface area contributed by atoms with Crippen molar-refractivity contribution >= 4 is 34.4 Å². The van der Waals surface area contributed by atoms with E-state index in [2.05, 4.69) is 0 Å². The molecule has 0 aliphatic carbocycles. The van der Waals surface area contributed by atoms with Crippen LogP contribution in [0.2, 0.25) is 5.02 Å². The number of carbonyl (C=O) groups excluding carboxylic acids is 1. The maximum atomic E-state index is 14.0. The Morgan fingerprint density at radius 3 is 2.81 bits per heavy atom. The van der Waals surface area contributed by atoms with Crippen LogP contribution in [0, 0.1) is 5.82 Å². The number of ketones is 1. The van der Waals surface area contributed by atoms with Crippen molar-refractivity contribution in [2.75, 3.05) is 0 Å². The summed E-state index contributed by atoms with van der Waals surface area (Å²) in [5.74, 6) is 0.499. The molecule has 1 aliphatic heterocycles. The van der Waals surface area contributed by atoms with Gasteiger partial charge in [0.15, 0.2) is 5.76 Å². The number of ether oxygens (including phenoxy) is 2. The lowest BCUT2D eigenvalue weighted by atomic mass is 10.1. The molecule has 0 fully saturated rings. The molecule has 1 aromatic heterocycles. The number of benzene rings is 3. The molecule has 0 spiro atoms. The van der Waals surface area contributed by atoms with Gasteiger partial charge >= 0.3 is 0 Å². The number of para-hydroxylation sites is 1. The van der Waals surface area contributed by atoms with Crippen molar-refractivity contribution in [3.05, 3.63) is 100 Å². The van der Waals surface area contributed by atoms with Crippen LogP contribution >= 0.6 is 11.6 Å². The SMILES string of the molecule is Cn1cc(/C=C2\Oc3cc(OCc4c(F)cccc4Cl)ccc3C2=O)c2ccccc21. The van der Waals surface area contributed by atoms with Gasteiger partial charge in [0.2, 0.25) is 5.78 Å². The van der Waals surface area contributed by atoms with E-state index in [4.69, 9.17) is 21.1 Å². The quantitative estimate of drug-likeness (QED) is 0.361. The molecule has 5 rings (SSSR count). The average molecular weight is 434 g/mol. The number of aryl methyl sites for hydroxylation is 1. The number of halogens is 2. The summed E-state index contributed by atoms with van der Waals surface area (Å²) in [4.78, 5) is 12.8. The molecule has 0 N–H and O–H groups in total. The first-order valence-corrected chi connectivity index (χ1v) is 10.1. The van der Waals surface area contributed by atoms with Gasteiger partial charge in [0.05, 0.1) is 10.6 Å². The largest absolute Gasteiger partial charge is 0.489 e. The second-order valence-corrected chi connectivity index (χ2v) is 7.71. The normalized spacial score (nSPS) is 14.2. The molecule has 1 aliphatic rings. The van der Waals surface area contributed by atoms with Crippen molar-refractivity contribution in [3.63, 3.8) is 0 Å². The zero-order valence-corrected chi connectivity index (χ0v) is 17.3. The number of fused-ring (bicyclic) bond motifs is 2. The number of rotatable bonds is 4. The van der Waals surface area contributed by atoms with Gasteiger partial charge in [-0.25, -0.2) is 4.39 Å². The third-order valence-electron chi connectivity index (χ3n) is 5.30. The minimum Gasteiger partial charge on any atom is -0.489 e. The zero-order valence-electron chi connectivity index (χ0n) is 16.6. The fraction of sp³-hybridized carbons (Fsp3) is 0.0800. The van der Waals surface area contributed by atoms with E-state index in [0.717, 1.165) is 16.5 Å². The highest BCUT2D eigenvalue weighted by Gasteiger charge is 2.28. The van der Waals surface area contributed by atoms with Gasteiger partial charge in [0.25, 0.3) is 0 Å². The molecule has 0 saturated heterocycles. The highest BCUT2D eigenvalue weighted by atomic mass is 35.5. The molecule has 6 heteroatoms. The Kier molecular flexibility index (Phi) is 4.75. The van der Waals surface area contributed by atoms with E-state index in [0.29, 0.717) is 22.1 Å². The smallest absolute Gasteiger partial charge is 0.231 e. The van der Waals surface area contributed by atoms with E-state index in [9.17, 15) is 9.18 Å². The molecule has 31 heavy (non-hydrogen) atoms. The van der Waals surface area contributed by atoms with Crippen LogP contribution in [0.4, 0.5) is 4.39 Å². The Bertz CT molecular complexity index is 1350. The van der Waals surface area contributed by atoms with Crippen LogP contribution in [0.15, 0.2) is 72.6 Å². The summed E-state index contributed by atoms with van der Waals surface area (Å²) in [5.41, 5.74) is 2.71. The summed E-state index contributed by atoms with van der Waals surface area (Å²) < 4.78 is 27.5. The van der Waals surface area contributed by atoms with E-state index in [-0.39, 0.29) is 23.7 Å². The van der Waals surface area contributed by atoms with Crippen molar-refractivity contribution in [1.82, 2.24) is 4.57 Å². The van der Waals surface area contributed by atoms with Crippen molar-refractivity contribution in [2.24, 2.45) is 7.05 Å². The van der Waals surface area contributed by atoms with E-state index in [1.807, 2.05) is 42.1 Å². The lowest BCUT2D eigenvalue weighted by molar-refractivity contribution is 0.101. The predicted molar refractivity (Wildman–Crippen MR) is 118 cm³/mol. The lowest BCUT2D eigenvalue weighted by Crippen LogP contribution is -1.99. The minimum absolute atomic E-state index is 0.0308. The van der Waals surface area contributed by atoms with Gasteiger partial charge in [-0.15, -0.1) is 0 Å². The van der Waals surface area contributed by atoms with Gasteiger partial charge in [0, 0.05) is 41.3 Å². The van der Waals surface area contributed by atoms with Crippen LogP contribution in [0.1, 0.15) is 21.5 Å². The van der Waals surface area contributed by atoms with Crippen molar-refractivity contribution in [1.29, 1.82) is 0 Å². The maximum absolute atomic E-state index is 14.0. The molecule has 4 nitrogen and oxygen atoms in total. The van der Waals surface area contributed by atoms with Gasteiger partial charge in [-0.2, -0.15) is 0 Å². The van der Waals surface area contributed by atoms with E-state index in [1.165, 1.54) is 6.07 Å². The summed E-state index contributed by atoms with van der Waals surface area (Å²) in [6, 6.07) is 17.4. The Morgan fingerprint density at radius 2 is 1.97 bits per heavy atom. The molecule has 0 saturated carbocycles. The van der Waals surface area contributed by atoms with Crippen molar-refractivity contribution in [3.8, 4) is 11.5 Å². The molecule has 154 valence electrons. The first kappa shape index (κ1) is 19.4. The lowest BCUT2D eigenvalue weighted by Gasteiger charge is -2.09. The van der Waals surface area contributed by atoms with Gasteiger partial charge < -0.3 is 14.0 Å². The number of aromatic nitrogens is 1. The van der Waals surface area contributed by atoms with Crippen LogP contribution in [-0.2, 0) is 13.7 Å². The molecule has 0 unspecified atom stereocenters. The van der Waals surface area contributed by atoms with Gasteiger partial charge in [0.1, 0.15) is 23.9 Å².